The monoisotopic (exact) mass is 594 g/mol. The number of H-pyrrole nitrogens is 1. The van der Waals surface area contributed by atoms with Gasteiger partial charge in [0, 0.05) is 42.2 Å². The van der Waals surface area contributed by atoms with Crippen molar-refractivity contribution in [3.05, 3.63) is 77.4 Å². The van der Waals surface area contributed by atoms with Crippen LogP contribution in [0.5, 0.6) is 5.75 Å². The molecule has 1 spiro atoms. The second kappa shape index (κ2) is 11.0. The number of nitrogens with zero attached hydrogens (tertiary/aromatic N) is 2. The van der Waals surface area contributed by atoms with E-state index in [-0.39, 0.29) is 11.8 Å². The minimum atomic E-state index is -5.08. The number of aliphatic carboxylic acids is 1. The topological polar surface area (TPSA) is 117 Å². The number of anilines is 1. The van der Waals surface area contributed by atoms with Crippen LogP contribution in [0.1, 0.15) is 29.0 Å². The quantitative estimate of drug-likeness (QED) is 0.295. The van der Waals surface area contributed by atoms with E-state index in [2.05, 4.69) is 62.9 Å². The molecule has 1 aliphatic carbocycles. The van der Waals surface area contributed by atoms with Crippen LogP contribution >= 0.6 is 0 Å². The Labute approximate surface area is 244 Å². The zero-order valence-electron chi connectivity index (χ0n) is 23.2. The highest BCUT2D eigenvalue weighted by molar-refractivity contribution is 6.10. The van der Waals surface area contributed by atoms with Crippen molar-refractivity contribution < 1.29 is 37.3 Å². The second-order valence-electron chi connectivity index (χ2n) is 10.9. The Morgan fingerprint density at radius 3 is 2.51 bits per heavy atom. The summed E-state index contributed by atoms with van der Waals surface area (Å²) in [5.74, 6) is -1.76. The minimum absolute atomic E-state index is 0.0818. The van der Waals surface area contributed by atoms with E-state index in [4.69, 9.17) is 19.4 Å². The summed E-state index contributed by atoms with van der Waals surface area (Å²) in [5.41, 5.74) is 6.93. The molecule has 3 aromatic carbocycles. The molecule has 3 N–H and O–H groups in total. The fourth-order valence-corrected chi connectivity index (χ4v) is 5.96. The third kappa shape index (κ3) is 5.43. The van der Waals surface area contributed by atoms with Crippen molar-refractivity contribution in [2.75, 3.05) is 38.7 Å². The van der Waals surface area contributed by atoms with Crippen LogP contribution in [0.3, 0.4) is 0 Å². The van der Waals surface area contributed by atoms with Gasteiger partial charge in [-0.3, -0.25) is 14.8 Å². The van der Waals surface area contributed by atoms with Crippen LogP contribution in [0.15, 0.2) is 60.7 Å². The molecule has 1 saturated carbocycles. The Hall–Kier alpha value is -4.42. The number of hydrogen-bond acceptors (Lipinski definition) is 6. The maximum absolute atomic E-state index is 13.0. The lowest BCUT2D eigenvalue weighted by Gasteiger charge is -2.26. The molecule has 3 aliphatic rings. The van der Waals surface area contributed by atoms with Crippen LogP contribution < -0.4 is 10.1 Å². The van der Waals surface area contributed by atoms with Crippen LogP contribution in [-0.4, -0.2) is 71.7 Å². The second-order valence-corrected chi connectivity index (χ2v) is 10.9. The number of fused-ring (bicyclic) bond motifs is 3. The molecule has 2 fully saturated rings. The lowest BCUT2D eigenvalue weighted by Crippen LogP contribution is -2.35. The number of ether oxygens (including phenoxy) is 2. The molecule has 2 unspecified atom stereocenters. The number of aromatic amines is 1. The summed E-state index contributed by atoms with van der Waals surface area (Å²) < 4.78 is 42.6. The number of morpholine rings is 1. The van der Waals surface area contributed by atoms with E-state index in [9.17, 15) is 18.0 Å². The maximum atomic E-state index is 13.0. The Morgan fingerprint density at radius 1 is 1.12 bits per heavy atom. The van der Waals surface area contributed by atoms with Crippen LogP contribution in [0.2, 0.25) is 0 Å². The SMILES string of the molecule is COc1ccc2c(c1)C1(CC1c1ccc3c(-c4ccc(CN5CCOCC5)cc4)n[nH]c3c1)C(=O)N2.O=C(O)C(F)(F)F. The Kier molecular flexibility index (Phi) is 7.35. The summed E-state index contributed by atoms with van der Waals surface area (Å²) in [7, 11) is 1.66. The van der Waals surface area contributed by atoms with Crippen molar-refractivity contribution in [1.29, 1.82) is 0 Å². The van der Waals surface area contributed by atoms with Gasteiger partial charge in [0.1, 0.15) is 5.75 Å². The van der Waals surface area contributed by atoms with Gasteiger partial charge in [-0.1, -0.05) is 36.4 Å². The number of hydrogen-bond donors (Lipinski definition) is 3. The average Bonchev–Trinajstić information content (AvgIpc) is 3.52. The van der Waals surface area contributed by atoms with Gasteiger partial charge in [-0.2, -0.15) is 18.3 Å². The van der Waals surface area contributed by atoms with Gasteiger partial charge in [0.2, 0.25) is 5.91 Å². The van der Waals surface area contributed by atoms with Gasteiger partial charge < -0.3 is 19.9 Å². The van der Waals surface area contributed by atoms with Crippen molar-refractivity contribution >= 4 is 28.5 Å². The number of carboxylic acids is 1. The van der Waals surface area contributed by atoms with E-state index in [1.54, 1.807) is 7.11 Å². The highest BCUT2D eigenvalue weighted by Gasteiger charge is 2.65. The number of nitrogens with one attached hydrogen (secondary N) is 2. The first-order valence-electron chi connectivity index (χ1n) is 13.8. The molecule has 1 saturated heterocycles. The van der Waals surface area contributed by atoms with E-state index in [1.807, 2.05) is 18.2 Å². The maximum Gasteiger partial charge on any atom is 0.490 e. The summed E-state index contributed by atoms with van der Waals surface area (Å²) in [4.78, 5) is 24.3. The lowest BCUT2D eigenvalue weighted by atomic mass is 9.91. The van der Waals surface area contributed by atoms with Gasteiger partial charge in [-0.25, -0.2) is 4.79 Å². The molecule has 1 aromatic heterocycles. The number of carboxylic acid groups (broad SMARTS) is 1. The standard InChI is InChI=1S/C29H28N4O3.C2HF3O2/c1-35-21-7-9-25-23(15-21)29(28(34)30-25)16-24(29)20-6-8-22-26(14-20)31-32-27(22)19-4-2-18(3-5-19)17-33-10-12-36-13-11-33;3-2(4,5)1(6)7/h2-9,14-15,24H,10-13,16-17H2,1H3,(H,30,34)(H,31,32);(H,6,7). The van der Waals surface area contributed by atoms with E-state index < -0.39 is 17.6 Å². The number of rotatable bonds is 5. The van der Waals surface area contributed by atoms with Gasteiger partial charge in [0.25, 0.3) is 0 Å². The number of aromatic nitrogens is 2. The molecule has 43 heavy (non-hydrogen) atoms. The van der Waals surface area contributed by atoms with E-state index in [0.717, 1.165) is 84.0 Å². The molecule has 4 aromatic rings. The summed E-state index contributed by atoms with van der Waals surface area (Å²) in [5, 5.41) is 19.2. The van der Waals surface area contributed by atoms with Crippen molar-refractivity contribution in [3.63, 3.8) is 0 Å². The van der Waals surface area contributed by atoms with Gasteiger partial charge in [-0.05, 0) is 47.4 Å². The highest BCUT2D eigenvalue weighted by atomic mass is 19.4. The lowest BCUT2D eigenvalue weighted by molar-refractivity contribution is -0.192. The van der Waals surface area contributed by atoms with Crippen molar-refractivity contribution in [2.45, 2.75) is 30.5 Å². The van der Waals surface area contributed by atoms with Crippen LogP contribution in [-0.2, 0) is 26.3 Å². The van der Waals surface area contributed by atoms with Gasteiger partial charge in [0.05, 0.1) is 36.9 Å². The first kappa shape index (κ1) is 28.7. The molecule has 224 valence electrons. The predicted molar refractivity (Wildman–Crippen MR) is 152 cm³/mol. The molecule has 3 heterocycles. The first-order valence-corrected chi connectivity index (χ1v) is 13.8. The molecule has 2 atom stereocenters. The van der Waals surface area contributed by atoms with E-state index in [0.29, 0.717) is 0 Å². The molecule has 12 heteroatoms. The number of methoxy groups -OCH3 is 1. The normalized spacial score (nSPS) is 21.2. The van der Waals surface area contributed by atoms with Gasteiger partial charge >= 0.3 is 12.1 Å². The number of carbonyl (C=O) groups excluding carboxylic acids is 1. The molecule has 9 nitrogen and oxygen atoms in total. The van der Waals surface area contributed by atoms with E-state index >= 15 is 0 Å². The van der Waals surface area contributed by atoms with Crippen molar-refractivity contribution in [2.24, 2.45) is 0 Å². The largest absolute Gasteiger partial charge is 0.497 e. The van der Waals surface area contributed by atoms with Gasteiger partial charge in [-0.15, -0.1) is 0 Å². The highest BCUT2D eigenvalue weighted by Crippen LogP contribution is 2.65. The Balaban J connectivity index is 0.000000423. The van der Waals surface area contributed by atoms with Crippen LogP contribution in [0, 0.1) is 0 Å². The third-order valence-corrected chi connectivity index (χ3v) is 8.29. The minimum Gasteiger partial charge on any atom is -0.497 e. The third-order valence-electron chi connectivity index (χ3n) is 8.29. The zero-order valence-corrected chi connectivity index (χ0v) is 23.2. The number of benzene rings is 3. The molecule has 1 amide bonds. The molecule has 2 aliphatic heterocycles. The van der Waals surface area contributed by atoms with Crippen molar-refractivity contribution in [1.82, 2.24) is 15.1 Å². The molecule has 0 bridgehead atoms. The molecule has 0 radical (unpaired) electrons. The number of amides is 1. The Morgan fingerprint density at radius 2 is 1.84 bits per heavy atom. The van der Waals surface area contributed by atoms with Gasteiger partial charge in [0.15, 0.2) is 0 Å². The van der Waals surface area contributed by atoms with E-state index in [1.165, 1.54) is 5.56 Å². The fraction of sp³-hybridized carbons (Fsp3) is 0.323. The number of halogens is 3. The summed E-state index contributed by atoms with van der Waals surface area (Å²) in [6.45, 7) is 4.54. The number of alkyl halides is 3. The number of carbonyl (C=O) groups is 2. The summed E-state index contributed by atoms with van der Waals surface area (Å²) in [6.07, 6.45) is -4.28. The average molecular weight is 595 g/mol. The van der Waals surface area contributed by atoms with Crippen molar-refractivity contribution in [3.8, 4) is 17.0 Å². The molecule has 7 rings (SSSR count). The zero-order chi connectivity index (χ0) is 30.4. The molecular formula is C31H29F3N4O5. The summed E-state index contributed by atoms with van der Waals surface area (Å²) >= 11 is 0. The first-order chi connectivity index (χ1) is 20.6. The smallest absolute Gasteiger partial charge is 0.490 e. The fourth-order valence-electron chi connectivity index (χ4n) is 5.96. The predicted octanol–water partition coefficient (Wildman–Crippen LogP) is 5.08. The Bertz CT molecular complexity index is 1680. The van der Waals surface area contributed by atoms with Crippen LogP contribution in [0.4, 0.5) is 18.9 Å². The van der Waals surface area contributed by atoms with Crippen LogP contribution in [0.25, 0.3) is 22.2 Å². The summed E-state index contributed by atoms with van der Waals surface area (Å²) in [6, 6.07) is 21.0. The molecular weight excluding hydrogens is 565 g/mol.